The zero-order valence-corrected chi connectivity index (χ0v) is 20.7. The third-order valence-corrected chi connectivity index (χ3v) is 7.10. The molecule has 2 amide bonds. The minimum atomic E-state index is 0.0483. The molecule has 0 saturated carbocycles. The number of ether oxygens (including phenoxy) is 1. The molecule has 0 unspecified atom stereocenters. The number of likely N-dealkylation sites (tertiary alicyclic amines) is 1. The van der Waals surface area contributed by atoms with Gasteiger partial charge in [0.25, 0.3) is 0 Å². The van der Waals surface area contributed by atoms with Crippen molar-refractivity contribution in [2.75, 3.05) is 44.7 Å². The first kappa shape index (κ1) is 24.3. The number of hydrogen-bond acceptors (Lipinski definition) is 6. The normalized spacial score (nSPS) is 22.0. The van der Waals surface area contributed by atoms with Crippen LogP contribution in [-0.4, -0.2) is 77.7 Å². The second kappa shape index (κ2) is 11.5. The number of urea groups is 1. The van der Waals surface area contributed by atoms with Gasteiger partial charge in [-0.15, -0.1) is 0 Å². The van der Waals surface area contributed by atoms with Crippen LogP contribution in [0.1, 0.15) is 38.7 Å². The number of methoxy groups -OCH3 is 1. The van der Waals surface area contributed by atoms with Gasteiger partial charge in [-0.25, -0.2) is 14.8 Å². The molecule has 0 spiro atoms. The van der Waals surface area contributed by atoms with Crippen LogP contribution in [0.2, 0.25) is 0 Å². The Morgan fingerprint density at radius 3 is 2.32 bits per heavy atom. The molecule has 0 aliphatic carbocycles. The molecule has 2 saturated heterocycles. The average Bonchev–Trinajstić information content (AvgIpc) is 2.85. The van der Waals surface area contributed by atoms with Gasteiger partial charge >= 0.3 is 12.0 Å². The van der Waals surface area contributed by atoms with E-state index in [2.05, 4.69) is 69.3 Å². The highest BCUT2D eigenvalue weighted by Gasteiger charge is 2.33. The molecule has 1 N–H and O–H groups in total. The predicted octanol–water partition coefficient (Wildman–Crippen LogP) is 3.40. The minimum Gasteiger partial charge on any atom is -0.467 e. The molecule has 8 heteroatoms. The summed E-state index contributed by atoms with van der Waals surface area (Å²) in [4.78, 5) is 28.2. The van der Waals surface area contributed by atoms with E-state index in [1.165, 1.54) is 18.4 Å². The predicted molar refractivity (Wildman–Crippen MR) is 134 cm³/mol. The van der Waals surface area contributed by atoms with Crippen molar-refractivity contribution in [2.24, 2.45) is 5.92 Å². The van der Waals surface area contributed by atoms with Crippen LogP contribution < -0.4 is 15.0 Å². The summed E-state index contributed by atoms with van der Waals surface area (Å²) in [6.07, 6.45) is 7.03. The summed E-state index contributed by atoms with van der Waals surface area (Å²) in [5.74, 6) is 0.689. The van der Waals surface area contributed by atoms with Crippen LogP contribution in [0, 0.1) is 5.92 Å². The Balaban J connectivity index is 1.18. The van der Waals surface area contributed by atoms with Crippen molar-refractivity contribution in [1.82, 2.24) is 25.1 Å². The Hall–Kier alpha value is -2.87. The Kier molecular flexibility index (Phi) is 8.21. The lowest BCUT2D eigenvalue weighted by Crippen LogP contribution is -2.61. The Labute approximate surface area is 203 Å². The molecular formula is C26H38N6O2. The first-order chi connectivity index (χ1) is 16.5. The highest BCUT2D eigenvalue weighted by Crippen LogP contribution is 2.23. The standard InChI is InChI=1S/C26H38N6O2/c1-20-17-31(24-15-28-25(34-3)29-16-24)18-21(2)32(20)26(33)27-12-9-22-10-13-30(14-11-22)19-23-7-5-4-6-8-23/h4-8,15-16,20-22H,9-14,17-19H2,1-3H3,(H,27,33)/t20-,21-/m1/s1. The Morgan fingerprint density at radius 2 is 1.71 bits per heavy atom. The molecule has 34 heavy (non-hydrogen) atoms. The molecule has 2 aromatic rings. The van der Waals surface area contributed by atoms with E-state index in [9.17, 15) is 4.79 Å². The largest absolute Gasteiger partial charge is 0.467 e. The summed E-state index contributed by atoms with van der Waals surface area (Å²) in [7, 11) is 1.56. The third-order valence-electron chi connectivity index (χ3n) is 7.10. The van der Waals surface area contributed by atoms with Crippen LogP contribution in [0.25, 0.3) is 0 Å². The molecule has 2 atom stereocenters. The number of nitrogens with zero attached hydrogens (tertiary/aromatic N) is 5. The molecule has 2 aliphatic rings. The van der Waals surface area contributed by atoms with Gasteiger partial charge in [0.15, 0.2) is 0 Å². The number of carbonyl (C=O) groups excluding carboxylic acids is 1. The number of benzene rings is 1. The lowest BCUT2D eigenvalue weighted by atomic mass is 9.93. The SMILES string of the molecule is COc1ncc(N2C[C@@H](C)N(C(=O)NCCC3CCN(Cc4ccccc4)CC3)[C@H](C)C2)cn1. The molecule has 1 aromatic heterocycles. The minimum absolute atomic E-state index is 0.0483. The van der Waals surface area contributed by atoms with Crippen molar-refractivity contribution >= 4 is 11.7 Å². The van der Waals surface area contributed by atoms with Crippen LogP contribution in [0.3, 0.4) is 0 Å². The number of carbonyl (C=O) groups is 1. The number of amides is 2. The number of aromatic nitrogens is 2. The summed E-state index contributed by atoms with van der Waals surface area (Å²) in [5.41, 5.74) is 2.34. The third kappa shape index (κ3) is 6.17. The number of hydrogen-bond donors (Lipinski definition) is 1. The highest BCUT2D eigenvalue weighted by atomic mass is 16.5. The van der Waals surface area contributed by atoms with Gasteiger partial charge in [-0.3, -0.25) is 4.90 Å². The van der Waals surface area contributed by atoms with E-state index in [4.69, 9.17) is 4.74 Å². The second-order valence-electron chi connectivity index (χ2n) is 9.66. The van der Waals surface area contributed by atoms with Crippen LogP contribution >= 0.6 is 0 Å². The van der Waals surface area contributed by atoms with E-state index >= 15 is 0 Å². The number of nitrogens with one attached hydrogen (secondary N) is 1. The van der Waals surface area contributed by atoms with Gasteiger partial charge in [0.1, 0.15) is 0 Å². The van der Waals surface area contributed by atoms with Crippen LogP contribution in [0.4, 0.5) is 10.5 Å². The molecular weight excluding hydrogens is 428 g/mol. The van der Waals surface area contributed by atoms with Gasteiger partial charge in [0, 0.05) is 38.3 Å². The molecule has 1 aromatic carbocycles. The summed E-state index contributed by atoms with van der Waals surface area (Å²) < 4.78 is 5.05. The van der Waals surface area contributed by atoms with Crippen LogP contribution in [0.15, 0.2) is 42.7 Å². The monoisotopic (exact) mass is 466 g/mol. The van der Waals surface area contributed by atoms with Crippen molar-refractivity contribution < 1.29 is 9.53 Å². The van der Waals surface area contributed by atoms with Gasteiger partial charge in [0.2, 0.25) is 0 Å². The fraction of sp³-hybridized carbons (Fsp3) is 0.577. The van der Waals surface area contributed by atoms with E-state index in [1.807, 2.05) is 4.90 Å². The molecule has 184 valence electrons. The van der Waals surface area contributed by atoms with Crippen molar-refractivity contribution in [2.45, 2.75) is 51.7 Å². The van der Waals surface area contributed by atoms with Gasteiger partial charge < -0.3 is 19.9 Å². The maximum absolute atomic E-state index is 13.0. The quantitative estimate of drug-likeness (QED) is 0.674. The smallest absolute Gasteiger partial charge is 0.318 e. The number of anilines is 1. The van der Waals surface area contributed by atoms with Gasteiger partial charge in [-0.05, 0) is 57.7 Å². The summed E-state index contributed by atoms with van der Waals surface area (Å²) in [6.45, 7) is 9.78. The Bertz CT molecular complexity index is 889. The highest BCUT2D eigenvalue weighted by molar-refractivity contribution is 5.75. The lowest BCUT2D eigenvalue weighted by Gasteiger charge is -2.45. The zero-order valence-electron chi connectivity index (χ0n) is 20.7. The fourth-order valence-electron chi connectivity index (χ4n) is 5.26. The number of piperidine rings is 1. The van der Waals surface area contributed by atoms with Gasteiger partial charge in [0.05, 0.1) is 25.2 Å². The molecule has 0 radical (unpaired) electrons. The molecule has 4 rings (SSSR count). The first-order valence-electron chi connectivity index (χ1n) is 12.5. The van der Waals surface area contributed by atoms with Crippen molar-refractivity contribution in [1.29, 1.82) is 0 Å². The number of rotatable bonds is 7. The lowest BCUT2D eigenvalue weighted by molar-refractivity contribution is 0.139. The summed E-state index contributed by atoms with van der Waals surface area (Å²) in [5, 5.41) is 3.19. The molecule has 2 fully saturated rings. The topological polar surface area (TPSA) is 73.8 Å². The van der Waals surface area contributed by atoms with E-state index in [0.717, 1.165) is 51.4 Å². The number of piperazine rings is 1. The molecule has 0 bridgehead atoms. The van der Waals surface area contributed by atoms with E-state index < -0.39 is 0 Å². The van der Waals surface area contributed by atoms with Crippen molar-refractivity contribution in [3.8, 4) is 6.01 Å². The van der Waals surface area contributed by atoms with Crippen LogP contribution in [0.5, 0.6) is 6.01 Å². The Morgan fingerprint density at radius 1 is 1.06 bits per heavy atom. The van der Waals surface area contributed by atoms with Crippen molar-refractivity contribution in [3.63, 3.8) is 0 Å². The summed E-state index contributed by atoms with van der Waals surface area (Å²) >= 11 is 0. The first-order valence-corrected chi connectivity index (χ1v) is 12.5. The van der Waals surface area contributed by atoms with Crippen molar-refractivity contribution in [3.05, 3.63) is 48.3 Å². The molecule has 8 nitrogen and oxygen atoms in total. The zero-order chi connectivity index (χ0) is 23.9. The second-order valence-corrected chi connectivity index (χ2v) is 9.66. The van der Waals surface area contributed by atoms with Crippen LogP contribution in [-0.2, 0) is 6.54 Å². The maximum atomic E-state index is 13.0. The summed E-state index contributed by atoms with van der Waals surface area (Å²) in [6, 6.07) is 11.3. The molecule has 2 aliphatic heterocycles. The molecule has 3 heterocycles. The van der Waals surface area contributed by atoms with Gasteiger partial charge in [-0.2, -0.15) is 0 Å². The van der Waals surface area contributed by atoms with E-state index in [1.54, 1.807) is 19.5 Å². The van der Waals surface area contributed by atoms with Gasteiger partial charge in [-0.1, -0.05) is 30.3 Å². The average molecular weight is 467 g/mol. The van der Waals surface area contributed by atoms with E-state index in [0.29, 0.717) is 11.9 Å². The fourth-order valence-corrected chi connectivity index (χ4v) is 5.26. The van der Waals surface area contributed by atoms with E-state index in [-0.39, 0.29) is 18.1 Å². The maximum Gasteiger partial charge on any atom is 0.318 e.